The van der Waals surface area contributed by atoms with Crippen molar-refractivity contribution in [3.05, 3.63) is 0 Å². The van der Waals surface area contributed by atoms with Crippen LogP contribution in [0.15, 0.2) is 0 Å². The minimum absolute atomic E-state index is 0.0106. The zero-order chi connectivity index (χ0) is 18.4. The number of nitrogens with two attached hydrogens (primary N) is 2. The van der Waals surface area contributed by atoms with Crippen LogP contribution in [-0.4, -0.2) is 56.0 Å². The minimum Gasteiger partial charge on any atom is -0.355 e. The number of ketones is 1. The molecule has 0 aliphatic carbocycles. The maximum absolute atomic E-state index is 12.4. The maximum Gasteiger partial charge on any atom is 0.222 e. The standard InChI is InChI=1S/C17H37N5O2/c1-4-5-6-7-9-22-17(2,3)16(24)14(19)13-15(23)21-12-11-20-10-8-18/h14,20,22H,4-13,18-19H2,1-3H3,(H,21,23)/t14-/m0/s1. The molecule has 0 spiro atoms. The van der Waals surface area contributed by atoms with Gasteiger partial charge in [0.05, 0.1) is 11.6 Å². The van der Waals surface area contributed by atoms with Gasteiger partial charge in [0, 0.05) is 32.6 Å². The Labute approximate surface area is 146 Å². The Hall–Kier alpha value is -1.02. The molecule has 0 rings (SSSR count). The minimum atomic E-state index is -0.792. The Kier molecular flexibility index (Phi) is 12.7. The first-order chi connectivity index (χ1) is 11.3. The predicted octanol–water partition coefficient (Wildman–Crippen LogP) is -0.114. The molecule has 0 aliphatic heterocycles. The molecule has 0 saturated carbocycles. The van der Waals surface area contributed by atoms with Gasteiger partial charge in [0.15, 0.2) is 5.78 Å². The molecular weight excluding hydrogens is 306 g/mol. The van der Waals surface area contributed by atoms with Crippen LogP contribution in [0, 0.1) is 0 Å². The summed E-state index contributed by atoms with van der Waals surface area (Å²) in [7, 11) is 0. The van der Waals surface area contributed by atoms with Crippen LogP contribution in [-0.2, 0) is 9.59 Å². The van der Waals surface area contributed by atoms with E-state index in [0.29, 0.717) is 26.2 Å². The highest BCUT2D eigenvalue weighted by Crippen LogP contribution is 2.09. The van der Waals surface area contributed by atoms with E-state index in [1.807, 2.05) is 13.8 Å². The third-order valence-corrected chi connectivity index (χ3v) is 3.90. The van der Waals surface area contributed by atoms with Crippen LogP contribution in [0.25, 0.3) is 0 Å². The monoisotopic (exact) mass is 343 g/mol. The predicted molar refractivity (Wildman–Crippen MR) is 98.8 cm³/mol. The molecule has 0 aromatic heterocycles. The van der Waals surface area contributed by atoms with Crippen LogP contribution in [0.5, 0.6) is 0 Å². The molecule has 0 unspecified atom stereocenters. The highest BCUT2D eigenvalue weighted by atomic mass is 16.2. The first-order valence-electron chi connectivity index (χ1n) is 9.07. The molecule has 0 heterocycles. The SMILES string of the molecule is CCCCCCNC(C)(C)C(=O)[C@@H](N)CC(=O)NCCNCCN. The lowest BCUT2D eigenvalue weighted by Crippen LogP contribution is -2.55. The molecule has 0 bridgehead atoms. The van der Waals surface area contributed by atoms with Gasteiger partial charge in [0.25, 0.3) is 0 Å². The molecule has 1 amide bonds. The molecule has 24 heavy (non-hydrogen) atoms. The summed E-state index contributed by atoms with van der Waals surface area (Å²) in [5.41, 5.74) is 10.6. The van der Waals surface area contributed by atoms with E-state index in [-0.39, 0.29) is 18.1 Å². The first-order valence-corrected chi connectivity index (χ1v) is 9.07. The third-order valence-electron chi connectivity index (χ3n) is 3.90. The Balaban J connectivity index is 4.06. The molecule has 0 aromatic rings. The molecule has 0 aromatic carbocycles. The van der Waals surface area contributed by atoms with Gasteiger partial charge in [0.2, 0.25) is 5.91 Å². The maximum atomic E-state index is 12.4. The number of carbonyl (C=O) groups excluding carboxylic acids is 2. The number of carbonyl (C=O) groups is 2. The van der Waals surface area contributed by atoms with Crippen LogP contribution >= 0.6 is 0 Å². The van der Waals surface area contributed by atoms with E-state index < -0.39 is 11.6 Å². The van der Waals surface area contributed by atoms with Crippen molar-refractivity contribution < 1.29 is 9.59 Å². The van der Waals surface area contributed by atoms with Gasteiger partial charge in [-0.05, 0) is 26.8 Å². The molecular formula is C17H37N5O2. The number of amides is 1. The van der Waals surface area contributed by atoms with E-state index in [9.17, 15) is 9.59 Å². The topological polar surface area (TPSA) is 122 Å². The highest BCUT2D eigenvalue weighted by Gasteiger charge is 2.32. The lowest BCUT2D eigenvalue weighted by atomic mass is 9.91. The number of hydrogen-bond donors (Lipinski definition) is 5. The van der Waals surface area contributed by atoms with Crippen molar-refractivity contribution in [2.45, 2.75) is 64.5 Å². The van der Waals surface area contributed by atoms with Crippen LogP contribution < -0.4 is 27.4 Å². The lowest BCUT2D eigenvalue weighted by Gasteiger charge is -2.27. The fourth-order valence-electron chi connectivity index (χ4n) is 2.39. The van der Waals surface area contributed by atoms with E-state index in [2.05, 4.69) is 22.9 Å². The van der Waals surface area contributed by atoms with Gasteiger partial charge in [-0.15, -0.1) is 0 Å². The van der Waals surface area contributed by atoms with Gasteiger partial charge in [-0.2, -0.15) is 0 Å². The third kappa shape index (κ3) is 10.7. The Morgan fingerprint density at radius 1 is 1.04 bits per heavy atom. The quantitative estimate of drug-likeness (QED) is 0.264. The number of hydrogen-bond acceptors (Lipinski definition) is 6. The smallest absolute Gasteiger partial charge is 0.222 e. The number of unbranched alkanes of at least 4 members (excludes halogenated alkanes) is 3. The summed E-state index contributed by atoms with van der Waals surface area (Å²) >= 11 is 0. The fraction of sp³-hybridized carbons (Fsp3) is 0.882. The van der Waals surface area contributed by atoms with Crippen LogP contribution in [0.2, 0.25) is 0 Å². The van der Waals surface area contributed by atoms with Gasteiger partial charge in [0.1, 0.15) is 0 Å². The average Bonchev–Trinajstić information content (AvgIpc) is 2.53. The Morgan fingerprint density at radius 2 is 1.75 bits per heavy atom. The van der Waals surface area contributed by atoms with Gasteiger partial charge >= 0.3 is 0 Å². The summed E-state index contributed by atoms with van der Waals surface area (Å²) in [5, 5.41) is 9.09. The Bertz CT molecular complexity index is 361. The molecule has 7 heteroatoms. The zero-order valence-corrected chi connectivity index (χ0v) is 15.6. The van der Waals surface area contributed by atoms with E-state index in [0.717, 1.165) is 19.4 Å². The normalized spacial score (nSPS) is 12.9. The Morgan fingerprint density at radius 3 is 2.38 bits per heavy atom. The molecule has 0 radical (unpaired) electrons. The number of Topliss-reactive ketones (excluding diaryl/α,β-unsaturated/α-hetero) is 1. The first kappa shape index (κ1) is 23.0. The second-order valence-electron chi connectivity index (χ2n) is 6.68. The summed E-state index contributed by atoms with van der Waals surface area (Å²) in [4.78, 5) is 24.3. The summed E-state index contributed by atoms with van der Waals surface area (Å²) in [5.74, 6) is -0.335. The molecule has 7 nitrogen and oxygen atoms in total. The van der Waals surface area contributed by atoms with Gasteiger partial charge < -0.3 is 27.4 Å². The van der Waals surface area contributed by atoms with Gasteiger partial charge in [-0.3, -0.25) is 9.59 Å². The van der Waals surface area contributed by atoms with Gasteiger partial charge in [-0.25, -0.2) is 0 Å². The van der Waals surface area contributed by atoms with Crippen molar-refractivity contribution in [1.82, 2.24) is 16.0 Å². The van der Waals surface area contributed by atoms with Crippen molar-refractivity contribution in [3.8, 4) is 0 Å². The van der Waals surface area contributed by atoms with Crippen molar-refractivity contribution in [3.63, 3.8) is 0 Å². The van der Waals surface area contributed by atoms with Crippen LogP contribution in [0.3, 0.4) is 0 Å². The number of nitrogens with one attached hydrogen (secondary N) is 3. The van der Waals surface area contributed by atoms with Crippen molar-refractivity contribution >= 4 is 11.7 Å². The summed E-state index contributed by atoms with van der Waals surface area (Å²) in [6, 6.07) is -0.792. The van der Waals surface area contributed by atoms with E-state index in [4.69, 9.17) is 11.5 Å². The second kappa shape index (κ2) is 13.3. The molecule has 7 N–H and O–H groups in total. The zero-order valence-electron chi connectivity index (χ0n) is 15.6. The molecule has 0 fully saturated rings. The largest absolute Gasteiger partial charge is 0.355 e. The fourth-order valence-corrected chi connectivity index (χ4v) is 2.39. The van der Waals surface area contributed by atoms with Gasteiger partial charge in [-0.1, -0.05) is 26.2 Å². The van der Waals surface area contributed by atoms with E-state index in [1.165, 1.54) is 12.8 Å². The van der Waals surface area contributed by atoms with Crippen molar-refractivity contribution in [2.24, 2.45) is 11.5 Å². The van der Waals surface area contributed by atoms with Crippen molar-refractivity contribution in [1.29, 1.82) is 0 Å². The molecule has 0 saturated heterocycles. The van der Waals surface area contributed by atoms with Crippen molar-refractivity contribution in [2.75, 3.05) is 32.7 Å². The van der Waals surface area contributed by atoms with E-state index in [1.54, 1.807) is 0 Å². The summed E-state index contributed by atoms with van der Waals surface area (Å²) in [6.07, 6.45) is 4.59. The van der Waals surface area contributed by atoms with E-state index >= 15 is 0 Å². The summed E-state index contributed by atoms with van der Waals surface area (Å²) < 4.78 is 0. The highest BCUT2D eigenvalue weighted by molar-refractivity contribution is 5.95. The molecule has 0 aliphatic rings. The average molecular weight is 344 g/mol. The molecule has 142 valence electrons. The lowest BCUT2D eigenvalue weighted by molar-refractivity contribution is -0.129. The number of rotatable bonds is 15. The van der Waals surface area contributed by atoms with Crippen LogP contribution in [0.1, 0.15) is 52.9 Å². The second-order valence-corrected chi connectivity index (χ2v) is 6.68. The summed E-state index contributed by atoms with van der Waals surface area (Å²) in [6.45, 7) is 9.02. The van der Waals surface area contributed by atoms with Crippen LogP contribution in [0.4, 0.5) is 0 Å². The molecule has 1 atom stereocenters.